The Kier molecular flexibility index (Phi) is 3.61. The highest BCUT2D eigenvalue weighted by Gasteiger charge is 2.11. The average molecular weight is 270 g/mol. The third-order valence-corrected chi connectivity index (χ3v) is 3.50. The number of benzene rings is 1. The van der Waals surface area contributed by atoms with Crippen LogP contribution in [0.5, 0.6) is 0 Å². The Labute approximate surface area is 98.8 Å². The van der Waals surface area contributed by atoms with Crippen molar-refractivity contribution in [3.8, 4) is 0 Å². The normalized spacial score (nSPS) is 16.8. The minimum absolute atomic E-state index is 0.584. The number of nitrogens with two attached hydrogens (primary N) is 1. The summed E-state index contributed by atoms with van der Waals surface area (Å²) in [6.45, 7) is 4.86. The summed E-state index contributed by atoms with van der Waals surface area (Å²) in [5.74, 6) is 0. The van der Waals surface area contributed by atoms with Crippen LogP contribution < -0.4 is 16.0 Å². The first-order chi connectivity index (χ1) is 7.31. The van der Waals surface area contributed by atoms with Gasteiger partial charge in [-0.15, -0.1) is 0 Å². The third kappa shape index (κ3) is 2.51. The zero-order valence-electron chi connectivity index (χ0n) is 8.67. The van der Waals surface area contributed by atoms with Gasteiger partial charge in [0.2, 0.25) is 0 Å². The molecule has 0 atom stereocenters. The summed E-state index contributed by atoms with van der Waals surface area (Å²) in [7, 11) is 0. The quantitative estimate of drug-likeness (QED) is 0.851. The highest BCUT2D eigenvalue weighted by atomic mass is 79.9. The van der Waals surface area contributed by atoms with E-state index in [9.17, 15) is 0 Å². The van der Waals surface area contributed by atoms with E-state index in [1.54, 1.807) is 0 Å². The van der Waals surface area contributed by atoms with Gasteiger partial charge in [0.15, 0.2) is 0 Å². The molecule has 0 radical (unpaired) electrons. The number of rotatable bonds is 2. The molecule has 15 heavy (non-hydrogen) atoms. The minimum Gasteiger partial charge on any atom is -0.369 e. The molecule has 0 aliphatic carbocycles. The van der Waals surface area contributed by atoms with Crippen LogP contribution in [0.4, 0.5) is 5.69 Å². The fraction of sp³-hybridized carbons (Fsp3) is 0.455. The largest absolute Gasteiger partial charge is 0.369 e. The lowest BCUT2D eigenvalue weighted by atomic mass is 10.2. The summed E-state index contributed by atoms with van der Waals surface area (Å²) in [6, 6.07) is 6.41. The fourth-order valence-corrected chi connectivity index (χ4v) is 2.25. The second kappa shape index (κ2) is 4.96. The van der Waals surface area contributed by atoms with E-state index in [0.29, 0.717) is 6.54 Å². The first kappa shape index (κ1) is 10.9. The number of piperazine rings is 1. The lowest BCUT2D eigenvalue weighted by molar-refractivity contribution is 0.589. The standard InChI is InChI=1S/C11H16BrN3/c12-11-2-1-10(7-9(11)8-13)15-5-3-14-4-6-15/h1-2,7,14H,3-6,8,13H2. The zero-order valence-corrected chi connectivity index (χ0v) is 10.3. The SMILES string of the molecule is NCc1cc(N2CCNCC2)ccc1Br. The molecule has 1 aromatic rings. The molecule has 82 valence electrons. The van der Waals surface area contributed by atoms with E-state index in [-0.39, 0.29) is 0 Å². The van der Waals surface area contributed by atoms with Crippen LogP contribution >= 0.6 is 15.9 Å². The van der Waals surface area contributed by atoms with Crippen LogP contribution in [0.15, 0.2) is 22.7 Å². The topological polar surface area (TPSA) is 41.3 Å². The second-order valence-corrected chi connectivity index (χ2v) is 4.57. The van der Waals surface area contributed by atoms with Crippen LogP contribution in [0.3, 0.4) is 0 Å². The van der Waals surface area contributed by atoms with Gasteiger partial charge in [-0.05, 0) is 23.8 Å². The first-order valence-electron chi connectivity index (χ1n) is 5.25. The molecule has 1 fully saturated rings. The summed E-state index contributed by atoms with van der Waals surface area (Å²) in [5, 5.41) is 3.35. The average Bonchev–Trinajstić information content (AvgIpc) is 2.31. The zero-order chi connectivity index (χ0) is 10.7. The molecule has 0 spiro atoms. The summed E-state index contributed by atoms with van der Waals surface area (Å²) in [5.41, 5.74) is 8.14. The Bertz CT molecular complexity index is 335. The maximum Gasteiger partial charge on any atom is 0.0371 e. The van der Waals surface area contributed by atoms with Crippen LogP contribution in [0.25, 0.3) is 0 Å². The molecule has 4 heteroatoms. The lowest BCUT2D eigenvalue weighted by Crippen LogP contribution is -2.43. The Balaban J connectivity index is 2.20. The molecule has 0 unspecified atom stereocenters. The maximum absolute atomic E-state index is 5.69. The van der Waals surface area contributed by atoms with Gasteiger partial charge in [0, 0.05) is 42.9 Å². The van der Waals surface area contributed by atoms with Crippen molar-refractivity contribution in [1.82, 2.24) is 5.32 Å². The Morgan fingerprint density at radius 2 is 2.07 bits per heavy atom. The van der Waals surface area contributed by atoms with Crippen molar-refractivity contribution < 1.29 is 0 Å². The van der Waals surface area contributed by atoms with Crippen LogP contribution in [0, 0.1) is 0 Å². The molecule has 0 saturated carbocycles. The van der Waals surface area contributed by atoms with Crippen LogP contribution in [0.2, 0.25) is 0 Å². The van der Waals surface area contributed by atoms with Crippen molar-refractivity contribution in [2.45, 2.75) is 6.54 Å². The molecular weight excluding hydrogens is 254 g/mol. The number of nitrogens with one attached hydrogen (secondary N) is 1. The predicted octanol–water partition coefficient (Wildman–Crippen LogP) is 1.32. The van der Waals surface area contributed by atoms with Crippen molar-refractivity contribution >= 4 is 21.6 Å². The molecule has 1 aromatic carbocycles. The van der Waals surface area contributed by atoms with Crippen molar-refractivity contribution in [2.24, 2.45) is 5.73 Å². The lowest BCUT2D eigenvalue weighted by Gasteiger charge is -2.29. The van der Waals surface area contributed by atoms with E-state index in [0.717, 1.165) is 30.7 Å². The van der Waals surface area contributed by atoms with Gasteiger partial charge >= 0.3 is 0 Å². The number of nitrogens with zero attached hydrogens (tertiary/aromatic N) is 1. The third-order valence-electron chi connectivity index (χ3n) is 2.73. The smallest absolute Gasteiger partial charge is 0.0371 e. The molecule has 1 saturated heterocycles. The number of halogens is 1. The van der Waals surface area contributed by atoms with Gasteiger partial charge in [0.25, 0.3) is 0 Å². The van der Waals surface area contributed by atoms with Crippen LogP contribution in [-0.2, 0) is 6.54 Å². The number of hydrogen-bond acceptors (Lipinski definition) is 3. The van der Waals surface area contributed by atoms with Crippen molar-refractivity contribution in [3.63, 3.8) is 0 Å². The maximum atomic E-state index is 5.69. The molecule has 0 bridgehead atoms. The Morgan fingerprint density at radius 3 is 2.73 bits per heavy atom. The van der Waals surface area contributed by atoms with Crippen molar-refractivity contribution in [3.05, 3.63) is 28.2 Å². The Morgan fingerprint density at radius 1 is 1.33 bits per heavy atom. The number of hydrogen-bond donors (Lipinski definition) is 2. The summed E-state index contributed by atoms with van der Waals surface area (Å²) in [4.78, 5) is 2.39. The van der Waals surface area contributed by atoms with Gasteiger partial charge in [0.1, 0.15) is 0 Å². The molecule has 0 aromatic heterocycles. The van der Waals surface area contributed by atoms with Gasteiger partial charge < -0.3 is 16.0 Å². The van der Waals surface area contributed by atoms with E-state index >= 15 is 0 Å². The highest BCUT2D eigenvalue weighted by molar-refractivity contribution is 9.10. The van der Waals surface area contributed by atoms with E-state index in [1.165, 1.54) is 11.3 Å². The van der Waals surface area contributed by atoms with Gasteiger partial charge in [-0.1, -0.05) is 15.9 Å². The predicted molar refractivity (Wildman–Crippen MR) is 67.1 cm³/mol. The first-order valence-corrected chi connectivity index (χ1v) is 6.04. The molecule has 1 heterocycles. The molecule has 3 N–H and O–H groups in total. The number of anilines is 1. The molecule has 3 nitrogen and oxygen atoms in total. The van der Waals surface area contributed by atoms with Crippen LogP contribution in [-0.4, -0.2) is 26.2 Å². The van der Waals surface area contributed by atoms with Crippen LogP contribution in [0.1, 0.15) is 5.56 Å². The highest BCUT2D eigenvalue weighted by Crippen LogP contribution is 2.23. The Hall–Kier alpha value is -0.580. The van der Waals surface area contributed by atoms with Crippen molar-refractivity contribution in [1.29, 1.82) is 0 Å². The fourth-order valence-electron chi connectivity index (χ4n) is 1.84. The molecule has 1 aliphatic heterocycles. The summed E-state index contributed by atoms with van der Waals surface area (Å²) >= 11 is 3.50. The van der Waals surface area contributed by atoms with E-state index in [2.05, 4.69) is 44.3 Å². The van der Waals surface area contributed by atoms with E-state index < -0.39 is 0 Å². The van der Waals surface area contributed by atoms with Gasteiger partial charge in [-0.2, -0.15) is 0 Å². The molecule has 0 amide bonds. The van der Waals surface area contributed by atoms with Gasteiger partial charge in [-0.3, -0.25) is 0 Å². The second-order valence-electron chi connectivity index (χ2n) is 3.72. The summed E-state index contributed by atoms with van der Waals surface area (Å²) in [6.07, 6.45) is 0. The van der Waals surface area contributed by atoms with E-state index in [1.807, 2.05) is 0 Å². The van der Waals surface area contributed by atoms with Gasteiger partial charge in [-0.25, -0.2) is 0 Å². The summed E-state index contributed by atoms with van der Waals surface area (Å²) < 4.78 is 1.10. The monoisotopic (exact) mass is 269 g/mol. The van der Waals surface area contributed by atoms with Gasteiger partial charge in [0.05, 0.1) is 0 Å². The van der Waals surface area contributed by atoms with E-state index in [4.69, 9.17) is 5.73 Å². The minimum atomic E-state index is 0.584. The molecule has 2 rings (SSSR count). The van der Waals surface area contributed by atoms with Crippen molar-refractivity contribution in [2.75, 3.05) is 31.1 Å². The molecule has 1 aliphatic rings. The molecular formula is C11H16BrN3.